The average molecular weight is 566 g/mol. The molecule has 0 spiro atoms. The van der Waals surface area contributed by atoms with Gasteiger partial charge in [0.05, 0.1) is 17.0 Å². The Bertz CT molecular complexity index is 1530. The molecule has 2 aromatic heterocycles. The normalized spacial score (nSPS) is 12.4. The number of alkyl halides is 3. The molecule has 2 aromatic carbocycles. The van der Waals surface area contributed by atoms with Gasteiger partial charge in [-0.15, -0.1) is 0 Å². The Kier molecular flexibility index (Phi) is 9.22. The molecule has 2 heterocycles. The van der Waals surface area contributed by atoms with Gasteiger partial charge in [-0.05, 0) is 79.1 Å². The van der Waals surface area contributed by atoms with Crippen LogP contribution in [-0.4, -0.2) is 44.3 Å². The van der Waals surface area contributed by atoms with E-state index in [1.807, 2.05) is 45.0 Å². The van der Waals surface area contributed by atoms with Crippen molar-refractivity contribution in [3.8, 4) is 5.82 Å². The van der Waals surface area contributed by atoms with E-state index in [0.717, 1.165) is 34.6 Å². The summed E-state index contributed by atoms with van der Waals surface area (Å²) in [6, 6.07) is 13.0. The third-order valence-corrected chi connectivity index (χ3v) is 7.06. The number of carbonyl (C=O) groups excluding carboxylic acids is 1. The van der Waals surface area contributed by atoms with Crippen molar-refractivity contribution < 1.29 is 23.1 Å². The Labute approximate surface area is 237 Å². The number of carbonyl (C=O) groups is 1. The summed E-state index contributed by atoms with van der Waals surface area (Å²) in [5.41, 5.74) is 4.05. The molecule has 4 aromatic rings. The van der Waals surface area contributed by atoms with E-state index in [2.05, 4.69) is 20.4 Å². The van der Waals surface area contributed by atoms with E-state index in [1.165, 1.54) is 6.33 Å². The fraction of sp³-hybridized carbons (Fsp3) is 0.355. The van der Waals surface area contributed by atoms with Crippen molar-refractivity contribution in [3.05, 3.63) is 99.6 Å². The highest BCUT2D eigenvalue weighted by Crippen LogP contribution is 2.32. The second-order valence-corrected chi connectivity index (χ2v) is 10.5. The summed E-state index contributed by atoms with van der Waals surface area (Å²) < 4.78 is 42.7. The van der Waals surface area contributed by atoms with Crippen LogP contribution in [0.5, 0.6) is 0 Å². The van der Waals surface area contributed by atoms with Gasteiger partial charge in [-0.3, -0.25) is 4.79 Å². The van der Waals surface area contributed by atoms with E-state index in [-0.39, 0.29) is 30.3 Å². The molecule has 2 N–H and O–H groups in total. The van der Waals surface area contributed by atoms with Crippen LogP contribution in [0, 0.1) is 19.8 Å². The molecular weight excluding hydrogens is 531 g/mol. The SMILES string of the molecule is CNc1cc(-n2nc(C)cc2Cc2cc(CC(=O)c3cc(CC[C@H](C)CO)cc(C(F)(F)F)c3)ccc2C)ncn1. The molecular formula is C31H34F3N5O2. The zero-order chi connectivity index (χ0) is 29.7. The zero-order valence-corrected chi connectivity index (χ0v) is 23.6. The molecule has 216 valence electrons. The summed E-state index contributed by atoms with van der Waals surface area (Å²) in [5.74, 6) is 0.843. The summed E-state index contributed by atoms with van der Waals surface area (Å²) in [7, 11) is 1.77. The quantitative estimate of drug-likeness (QED) is 0.220. The van der Waals surface area contributed by atoms with Gasteiger partial charge in [-0.2, -0.15) is 18.3 Å². The van der Waals surface area contributed by atoms with Crippen LogP contribution < -0.4 is 5.32 Å². The number of rotatable bonds is 11. The topological polar surface area (TPSA) is 92.9 Å². The molecule has 0 unspecified atom stereocenters. The molecule has 0 saturated carbocycles. The highest BCUT2D eigenvalue weighted by molar-refractivity contribution is 5.98. The summed E-state index contributed by atoms with van der Waals surface area (Å²) in [6.45, 7) is 5.66. The van der Waals surface area contributed by atoms with Crippen molar-refractivity contribution in [2.45, 2.75) is 52.6 Å². The van der Waals surface area contributed by atoms with Crippen molar-refractivity contribution in [1.82, 2.24) is 19.7 Å². The molecule has 4 rings (SSSR count). The van der Waals surface area contributed by atoms with E-state index < -0.39 is 11.7 Å². The lowest BCUT2D eigenvalue weighted by Gasteiger charge is -2.14. The first-order chi connectivity index (χ1) is 19.5. The number of nitrogens with zero attached hydrogens (tertiary/aromatic N) is 4. The zero-order valence-electron chi connectivity index (χ0n) is 23.6. The number of hydrogen-bond acceptors (Lipinski definition) is 6. The maximum Gasteiger partial charge on any atom is 0.416 e. The minimum Gasteiger partial charge on any atom is -0.396 e. The molecule has 10 heteroatoms. The minimum absolute atomic E-state index is 0.0309. The van der Waals surface area contributed by atoms with Crippen LogP contribution in [0.2, 0.25) is 0 Å². The van der Waals surface area contributed by atoms with Crippen LogP contribution in [-0.2, 0) is 25.4 Å². The summed E-state index contributed by atoms with van der Waals surface area (Å²) in [5, 5.41) is 16.9. The number of anilines is 1. The number of hydrogen-bond donors (Lipinski definition) is 2. The molecule has 0 radical (unpaired) electrons. The molecule has 0 amide bonds. The lowest BCUT2D eigenvalue weighted by atomic mass is 9.93. The van der Waals surface area contributed by atoms with Crippen LogP contribution in [0.15, 0.2) is 54.9 Å². The molecule has 41 heavy (non-hydrogen) atoms. The van der Waals surface area contributed by atoms with E-state index in [1.54, 1.807) is 23.9 Å². The van der Waals surface area contributed by atoms with E-state index >= 15 is 0 Å². The number of aliphatic hydroxyl groups excluding tert-OH is 1. The predicted molar refractivity (Wildman–Crippen MR) is 151 cm³/mol. The summed E-state index contributed by atoms with van der Waals surface area (Å²) in [6.07, 6.45) is -1.75. The van der Waals surface area contributed by atoms with Crippen LogP contribution >= 0.6 is 0 Å². The third kappa shape index (κ3) is 7.58. The highest BCUT2D eigenvalue weighted by atomic mass is 19.4. The lowest BCUT2D eigenvalue weighted by molar-refractivity contribution is -0.137. The number of nitrogens with one attached hydrogen (secondary N) is 1. The monoisotopic (exact) mass is 565 g/mol. The van der Waals surface area contributed by atoms with Gasteiger partial charge >= 0.3 is 6.18 Å². The van der Waals surface area contributed by atoms with Crippen LogP contribution in [0.3, 0.4) is 0 Å². The number of benzene rings is 2. The Morgan fingerprint density at radius 3 is 2.54 bits per heavy atom. The Balaban J connectivity index is 1.59. The number of halogens is 3. The Morgan fingerprint density at radius 1 is 1.05 bits per heavy atom. The average Bonchev–Trinajstić information content (AvgIpc) is 3.32. The fourth-order valence-electron chi connectivity index (χ4n) is 4.65. The number of Topliss-reactive ketones (excluding diaryl/α,β-unsaturated/α-hetero) is 1. The number of aryl methyl sites for hydroxylation is 3. The fourth-order valence-corrected chi connectivity index (χ4v) is 4.65. The van der Waals surface area contributed by atoms with Crippen LogP contribution in [0.4, 0.5) is 19.0 Å². The van der Waals surface area contributed by atoms with Crippen molar-refractivity contribution in [2.24, 2.45) is 5.92 Å². The van der Waals surface area contributed by atoms with Gasteiger partial charge in [0, 0.05) is 38.1 Å². The maximum atomic E-state index is 13.6. The lowest BCUT2D eigenvalue weighted by Crippen LogP contribution is -2.11. The molecule has 0 bridgehead atoms. The van der Waals surface area contributed by atoms with Gasteiger partial charge in [0.25, 0.3) is 0 Å². The van der Waals surface area contributed by atoms with Gasteiger partial charge in [0.1, 0.15) is 12.1 Å². The summed E-state index contributed by atoms with van der Waals surface area (Å²) >= 11 is 0. The van der Waals surface area contributed by atoms with Crippen molar-refractivity contribution in [1.29, 1.82) is 0 Å². The highest BCUT2D eigenvalue weighted by Gasteiger charge is 2.31. The van der Waals surface area contributed by atoms with Crippen molar-refractivity contribution in [2.75, 3.05) is 19.0 Å². The van der Waals surface area contributed by atoms with Gasteiger partial charge in [0.15, 0.2) is 11.6 Å². The Hall–Kier alpha value is -4.05. The number of aromatic nitrogens is 4. The maximum absolute atomic E-state index is 13.6. The second kappa shape index (κ2) is 12.6. The summed E-state index contributed by atoms with van der Waals surface area (Å²) in [4.78, 5) is 21.8. The van der Waals surface area contributed by atoms with E-state index in [4.69, 9.17) is 0 Å². The van der Waals surface area contributed by atoms with Gasteiger partial charge in [0.2, 0.25) is 0 Å². The number of ketones is 1. The predicted octanol–water partition coefficient (Wildman–Crippen LogP) is 5.92. The molecule has 0 aliphatic carbocycles. The molecule has 0 aliphatic heterocycles. The standard InChI is InChI=1S/C31H34F3N5O2/c1-19(17-40)5-7-22-11-25(14-26(12-22)31(32,33)34)28(41)13-23-8-6-20(2)24(10-23)15-27-9-21(3)38-39(27)30-16-29(35-4)36-18-37-30/h6,8-12,14,16,18-19,40H,5,7,13,15,17H2,1-4H3,(H,35,36,37)/t19-/m0/s1. The molecule has 0 aliphatic rings. The van der Waals surface area contributed by atoms with Gasteiger partial charge < -0.3 is 10.4 Å². The first-order valence-corrected chi connectivity index (χ1v) is 13.5. The number of aliphatic hydroxyl groups is 1. The minimum atomic E-state index is -4.57. The van der Waals surface area contributed by atoms with Gasteiger partial charge in [-0.1, -0.05) is 25.1 Å². The Morgan fingerprint density at radius 2 is 1.83 bits per heavy atom. The largest absolute Gasteiger partial charge is 0.416 e. The molecule has 1 atom stereocenters. The molecule has 0 fully saturated rings. The first-order valence-electron chi connectivity index (χ1n) is 13.5. The smallest absolute Gasteiger partial charge is 0.396 e. The molecule has 7 nitrogen and oxygen atoms in total. The van der Waals surface area contributed by atoms with Gasteiger partial charge in [-0.25, -0.2) is 14.6 Å². The third-order valence-electron chi connectivity index (χ3n) is 7.06. The second-order valence-electron chi connectivity index (χ2n) is 10.5. The first kappa shape index (κ1) is 29.9. The van der Waals surface area contributed by atoms with E-state index in [9.17, 15) is 23.1 Å². The van der Waals surface area contributed by atoms with Crippen molar-refractivity contribution in [3.63, 3.8) is 0 Å². The molecule has 0 saturated heterocycles. The van der Waals surface area contributed by atoms with E-state index in [0.29, 0.717) is 42.0 Å². The van der Waals surface area contributed by atoms with Crippen LogP contribution in [0.25, 0.3) is 5.82 Å². The van der Waals surface area contributed by atoms with Crippen molar-refractivity contribution >= 4 is 11.6 Å². The van der Waals surface area contributed by atoms with Crippen LogP contribution in [0.1, 0.15) is 62.9 Å².